The summed E-state index contributed by atoms with van der Waals surface area (Å²) >= 11 is 0. The second kappa shape index (κ2) is 8.31. The van der Waals surface area contributed by atoms with Gasteiger partial charge in [-0.3, -0.25) is 9.59 Å². The van der Waals surface area contributed by atoms with Crippen molar-refractivity contribution in [3.05, 3.63) is 65.2 Å². The van der Waals surface area contributed by atoms with E-state index < -0.39 is 10.0 Å². The van der Waals surface area contributed by atoms with Crippen molar-refractivity contribution in [3.8, 4) is 0 Å². The molecule has 0 bridgehead atoms. The minimum atomic E-state index is -3.62. The topological polar surface area (TPSA) is 87.2 Å². The number of carbonyl (C=O) groups is 2. The molecule has 2 aromatic rings. The smallest absolute Gasteiger partial charge is 0.254 e. The summed E-state index contributed by atoms with van der Waals surface area (Å²) in [6.45, 7) is 2.51. The quantitative estimate of drug-likeness (QED) is 0.696. The highest BCUT2D eigenvalue weighted by atomic mass is 32.2. The zero-order valence-corrected chi connectivity index (χ0v) is 18.5. The highest BCUT2D eigenvalue weighted by molar-refractivity contribution is 7.89. The van der Waals surface area contributed by atoms with E-state index in [0.717, 1.165) is 12.0 Å². The zero-order valence-electron chi connectivity index (χ0n) is 17.6. The van der Waals surface area contributed by atoms with Gasteiger partial charge in [-0.05, 0) is 41.8 Å². The molecule has 2 saturated heterocycles. The normalized spacial score (nSPS) is 21.8. The van der Waals surface area contributed by atoms with Crippen LogP contribution in [0.25, 0.3) is 0 Å². The number of piperazine rings is 1. The average molecular weight is 456 g/mol. The Morgan fingerprint density at radius 1 is 0.969 bits per heavy atom. The maximum atomic E-state index is 13.2. The Kier molecular flexibility index (Phi) is 5.48. The van der Waals surface area contributed by atoms with E-state index in [1.54, 1.807) is 4.90 Å². The second-order valence-electron chi connectivity index (χ2n) is 8.28. The van der Waals surface area contributed by atoms with Gasteiger partial charge < -0.3 is 14.5 Å². The number of sulfonamides is 1. The molecule has 0 spiro atoms. The number of fused-ring (bicyclic) bond motifs is 3. The van der Waals surface area contributed by atoms with Crippen LogP contribution in [-0.2, 0) is 26.0 Å². The first kappa shape index (κ1) is 21.1. The van der Waals surface area contributed by atoms with Gasteiger partial charge in [0.2, 0.25) is 15.9 Å². The van der Waals surface area contributed by atoms with Crippen molar-refractivity contribution in [2.75, 3.05) is 45.9 Å². The van der Waals surface area contributed by atoms with Crippen LogP contribution in [-0.4, -0.2) is 80.3 Å². The Labute approximate surface area is 187 Å². The molecule has 1 unspecified atom stereocenters. The largest absolute Gasteiger partial charge is 0.379 e. The lowest BCUT2D eigenvalue weighted by atomic mass is 9.90. The molecule has 32 heavy (non-hydrogen) atoms. The standard InChI is InChI=1S/C23H25N3O5S/c27-22-16-24(15-21-20-4-2-1-3-17(20)9-10-26(21)22)23(28)18-5-7-19(8-6-18)32(29,30)25-11-13-31-14-12-25/h1-8,21H,9-16H2. The number of benzene rings is 2. The number of hydrogen-bond acceptors (Lipinski definition) is 5. The Bertz CT molecular complexity index is 1140. The molecule has 8 nitrogen and oxygen atoms in total. The minimum Gasteiger partial charge on any atom is -0.379 e. The van der Waals surface area contributed by atoms with Crippen LogP contribution in [0.2, 0.25) is 0 Å². The number of morpholine rings is 1. The molecule has 1 atom stereocenters. The summed E-state index contributed by atoms with van der Waals surface area (Å²) in [4.78, 5) is 29.5. The van der Waals surface area contributed by atoms with Crippen molar-refractivity contribution < 1.29 is 22.7 Å². The summed E-state index contributed by atoms with van der Waals surface area (Å²) in [5.41, 5.74) is 2.68. The van der Waals surface area contributed by atoms with Gasteiger partial charge in [-0.1, -0.05) is 24.3 Å². The summed E-state index contributed by atoms with van der Waals surface area (Å²) < 4.78 is 32.2. The number of hydrogen-bond donors (Lipinski definition) is 0. The van der Waals surface area contributed by atoms with Gasteiger partial charge >= 0.3 is 0 Å². The molecule has 2 amide bonds. The number of rotatable bonds is 3. The molecule has 9 heteroatoms. The van der Waals surface area contributed by atoms with Gasteiger partial charge in [0.25, 0.3) is 5.91 Å². The van der Waals surface area contributed by atoms with Crippen LogP contribution in [0.4, 0.5) is 0 Å². The molecule has 3 heterocycles. The van der Waals surface area contributed by atoms with E-state index in [1.165, 1.54) is 34.1 Å². The highest BCUT2D eigenvalue weighted by Crippen LogP contribution is 2.33. The first-order chi connectivity index (χ1) is 15.4. The van der Waals surface area contributed by atoms with Gasteiger partial charge in [0, 0.05) is 31.7 Å². The maximum absolute atomic E-state index is 13.2. The summed E-state index contributed by atoms with van der Waals surface area (Å²) in [7, 11) is -3.62. The molecule has 5 rings (SSSR count). The molecule has 3 aliphatic heterocycles. The molecule has 0 saturated carbocycles. The molecule has 168 valence electrons. The van der Waals surface area contributed by atoms with E-state index in [9.17, 15) is 18.0 Å². The average Bonchev–Trinajstić information content (AvgIpc) is 2.84. The third-order valence-corrected chi connectivity index (χ3v) is 8.36. The van der Waals surface area contributed by atoms with E-state index in [0.29, 0.717) is 45.0 Å². The lowest BCUT2D eigenvalue weighted by molar-refractivity contribution is -0.139. The van der Waals surface area contributed by atoms with Crippen LogP contribution in [0.5, 0.6) is 0 Å². The highest BCUT2D eigenvalue weighted by Gasteiger charge is 2.38. The number of ether oxygens (including phenoxy) is 1. The lowest BCUT2D eigenvalue weighted by Gasteiger charge is -2.44. The molecule has 0 radical (unpaired) electrons. The van der Waals surface area contributed by atoms with Crippen LogP contribution in [0.15, 0.2) is 53.4 Å². The first-order valence-electron chi connectivity index (χ1n) is 10.8. The number of carbonyl (C=O) groups excluding carboxylic acids is 2. The van der Waals surface area contributed by atoms with Gasteiger partial charge in [-0.2, -0.15) is 4.31 Å². The van der Waals surface area contributed by atoms with Gasteiger partial charge in [-0.25, -0.2) is 8.42 Å². The number of nitrogens with zero attached hydrogens (tertiary/aromatic N) is 3. The Hall–Kier alpha value is -2.75. The van der Waals surface area contributed by atoms with Crippen molar-refractivity contribution in [1.82, 2.24) is 14.1 Å². The summed E-state index contributed by atoms with van der Waals surface area (Å²) in [6, 6.07) is 13.9. The van der Waals surface area contributed by atoms with Gasteiger partial charge in [-0.15, -0.1) is 0 Å². The third-order valence-electron chi connectivity index (χ3n) is 6.45. The van der Waals surface area contributed by atoms with E-state index >= 15 is 0 Å². The Morgan fingerprint density at radius 3 is 2.44 bits per heavy atom. The predicted molar refractivity (Wildman–Crippen MR) is 117 cm³/mol. The molecule has 3 aliphatic rings. The monoisotopic (exact) mass is 455 g/mol. The van der Waals surface area contributed by atoms with Crippen LogP contribution >= 0.6 is 0 Å². The van der Waals surface area contributed by atoms with Gasteiger partial charge in [0.05, 0.1) is 24.2 Å². The number of amides is 2. The molecule has 0 N–H and O–H groups in total. The Morgan fingerprint density at radius 2 is 1.69 bits per heavy atom. The van der Waals surface area contributed by atoms with Crippen LogP contribution in [0.3, 0.4) is 0 Å². The predicted octanol–water partition coefficient (Wildman–Crippen LogP) is 1.29. The van der Waals surface area contributed by atoms with Gasteiger partial charge in [0.15, 0.2) is 0 Å². The molecular formula is C23H25N3O5S. The molecule has 2 aromatic carbocycles. The fourth-order valence-electron chi connectivity index (χ4n) is 4.72. The van der Waals surface area contributed by atoms with E-state index in [2.05, 4.69) is 6.07 Å². The third kappa shape index (κ3) is 3.70. The summed E-state index contributed by atoms with van der Waals surface area (Å²) in [6.07, 6.45) is 0.825. The second-order valence-corrected chi connectivity index (χ2v) is 10.2. The zero-order chi connectivity index (χ0) is 22.3. The fraction of sp³-hybridized carbons (Fsp3) is 0.391. The molecule has 0 aromatic heterocycles. The van der Waals surface area contributed by atoms with Crippen LogP contribution < -0.4 is 0 Å². The van der Waals surface area contributed by atoms with Crippen molar-refractivity contribution >= 4 is 21.8 Å². The van der Waals surface area contributed by atoms with Crippen molar-refractivity contribution in [3.63, 3.8) is 0 Å². The molecule has 2 fully saturated rings. The SMILES string of the molecule is O=C(c1ccc(S(=O)(=O)N2CCOCC2)cc1)N1CC(=O)N2CCc3ccccc3C2C1. The van der Waals surface area contributed by atoms with Crippen molar-refractivity contribution in [2.45, 2.75) is 17.4 Å². The minimum absolute atomic E-state index is 0.0331. The van der Waals surface area contributed by atoms with E-state index in [4.69, 9.17) is 4.74 Å². The van der Waals surface area contributed by atoms with Crippen molar-refractivity contribution in [1.29, 1.82) is 0 Å². The molecule has 0 aliphatic carbocycles. The fourth-order valence-corrected chi connectivity index (χ4v) is 6.13. The van der Waals surface area contributed by atoms with Gasteiger partial charge in [0.1, 0.15) is 6.54 Å². The Balaban J connectivity index is 1.35. The maximum Gasteiger partial charge on any atom is 0.254 e. The van der Waals surface area contributed by atoms with E-state index in [1.807, 2.05) is 23.1 Å². The summed E-state index contributed by atoms with van der Waals surface area (Å²) in [5, 5.41) is 0. The lowest BCUT2D eigenvalue weighted by Crippen LogP contribution is -2.55. The van der Waals surface area contributed by atoms with E-state index in [-0.39, 0.29) is 29.3 Å². The van der Waals surface area contributed by atoms with Crippen molar-refractivity contribution in [2.24, 2.45) is 0 Å². The first-order valence-corrected chi connectivity index (χ1v) is 12.2. The summed E-state index contributed by atoms with van der Waals surface area (Å²) in [5.74, 6) is -0.327. The molecular weight excluding hydrogens is 430 g/mol. The van der Waals surface area contributed by atoms with Crippen LogP contribution in [0, 0.1) is 0 Å². The van der Waals surface area contributed by atoms with Crippen LogP contribution in [0.1, 0.15) is 27.5 Å².